The highest BCUT2D eigenvalue weighted by Gasteiger charge is 2.31. The number of hydrogen-bond acceptors (Lipinski definition) is 5. The molecule has 0 saturated heterocycles. The molecule has 0 spiro atoms. The molecule has 1 fully saturated rings. The molecule has 1 N–H and O–H groups in total. The van der Waals surface area contributed by atoms with Crippen LogP contribution in [0.25, 0.3) is 5.82 Å². The predicted octanol–water partition coefficient (Wildman–Crippen LogP) is 3.06. The second-order valence-corrected chi connectivity index (χ2v) is 7.22. The third-order valence-corrected chi connectivity index (χ3v) is 4.70. The number of nitrogens with zero attached hydrogens (tertiary/aromatic N) is 3. The van der Waals surface area contributed by atoms with Crippen LogP contribution in [0.2, 0.25) is 0 Å². The summed E-state index contributed by atoms with van der Waals surface area (Å²) in [5.41, 5.74) is 2.74. The molecule has 7 nitrogen and oxygen atoms in total. The quantitative estimate of drug-likeness (QED) is 0.654. The first-order valence-electron chi connectivity index (χ1n) is 9.57. The number of rotatable bonds is 6. The summed E-state index contributed by atoms with van der Waals surface area (Å²) >= 11 is 0. The summed E-state index contributed by atoms with van der Waals surface area (Å²) in [6, 6.07) is 14.5. The molecule has 1 aliphatic rings. The number of benzene rings is 1. The standard InChI is InChI=1S/C22H22N4O3/c1-14-12-15(2)26(25-14)19-11-8-17(13-23-19)22(28)29-20(16-6-4-3-5-7-16)21(27)24-18-9-10-18/h3-8,11-13,18,20H,9-10H2,1-2H3,(H,24,27). The van der Waals surface area contributed by atoms with Crippen LogP contribution < -0.4 is 5.32 Å². The van der Waals surface area contributed by atoms with Gasteiger partial charge in [0.25, 0.3) is 5.91 Å². The van der Waals surface area contributed by atoms with E-state index in [4.69, 9.17) is 4.74 Å². The third-order valence-electron chi connectivity index (χ3n) is 4.70. The second kappa shape index (κ2) is 7.87. The molecule has 7 heteroatoms. The Labute approximate surface area is 168 Å². The molecule has 1 atom stereocenters. The van der Waals surface area contributed by atoms with Gasteiger partial charge in [-0.3, -0.25) is 4.79 Å². The zero-order chi connectivity index (χ0) is 20.4. The molecule has 0 aliphatic heterocycles. The summed E-state index contributed by atoms with van der Waals surface area (Å²) in [6.45, 7) is 3.85. The first kappa shape index (κ1) is 18.9. The van der Waals surface area contributed by atoms with Crippen LogP contribution in [0, 0.1) is 13.8 Å². The molecule has 4 rings (SSSR count). The molecule has 1 aromatic carbocycles. The van der Waals surface area contributed by atoms with E-state index >= 15 is 0 Å². The molecule has 1 unspecified atom stereocenters. The fourth-order valence-corrected chi connectivity index (χ4v) is 3.07. The summed E-state index contributed by atoms with van der Waals surface area (Å²) in [4.78, 5) is 29.6. The summed E-state index contributed by atoms with van der Waals surface area (Å²) in [7, 11) is 0. The smallest absolute Gasteiger partial charge is 0.340 e. The van der Waals surface area contributed by atoms with E-state index in [1.807, 2.05) is 38.1 Å². The normalized spacial score (nSPS) is 14.3. The topological polar surface area (TPSA) is 86.1 Å². The van der Waals surface area contributed by atoms with E-state index in [2.05, 4.69) is 15.4 Å². The number of ether oxygens (including phenoxy) is 1. The Morgan fingerprint density at radius 2 is 1.90 bits per heavy atom. The van der Waals surface area contributed by atoms with Crippen LogP contribution in [0.1, 0.15) is 46.3 Å². The van der Waals surface area contributed by atoms with Gasteiger partial charge in [-0.15, -0.1) is 0 Å². The van der Waals surface area contributed by atoms with Gasteiger partial charge in [-0.25, -0.2) is 14.5 Å². The first-order chi connectivity index (χ1) is 14.0. The molecule has 148 valence electrons. The van der Waals surface area contributed by atoms with Crippen LogP contribution in [-0.4, -0.2) is 32.7 Å². The van der Waals surface area contributed by atoms with E-state index < -0.39 is 12.1 Å². The van der Waals surface area contributed by atoms with Crippen LogP contribution in [-0.2, 0) is 9.53 Å². The van der Waals surface area contributed by atoms with Crippen molar-refractivity contribution in [3.05, 3.63) is 77.2 Å². The first-order valence-corrected chi connectivity index (χ1v) is 9.57. The van der Waals surface area contributed by atoms with E-state index in [9.17, 15) is 9.59 Å². The number of hydrogen-bond donors (Lipinski definition) is 1. The van der Waals surface area contributed by atoms with Crippen LogP contribution in [0.3, 0.4) is 0 Å². The van der Waals surface area contributed by atoms with Crippen molar-refractivity contribution in [2.24, 2.45) is 0 Å². The molecule has 1 aliphatic carbocycles. The highest BCUT2D eigenvalue weighted by atomic mass is 16.5. The van der Waals surface area contributed by atoms with Crippen LogP contribution >= 0.6 is 0 Å². The molecular weight excluding hydrogens is 368 g/mol. The van der Waals surface area contributed by atoms with Crippen molar-refractivity contribution in [2.75, 3.05) is 0 Å². The molecule has 0 radical (unpaired) electrons. The van der Waals surface area contributed by atoms with Crippen molar-refractivity contribution >= 4 is 11.9 Å². The highest BCUT2D eigenvalue weighted by molar-refractivity contribution is 5.92. The van der Waals surface area contributed by atoms with Crippen molar-refractivity contribution < 1.29 is 14.3 Å². The van der Waals surface area contributed by atoms with Gasteiger partial charge < -0.3 is 10.1 Å². The molecule has 3 aromatic rings. The molecule has 29 heavy (non-hydrogen) atoms. The van der Waals surface area contributed by atoms with E-state index in [1.54, 1.807) is 28.9 Å². The fourth-order valence-electron chi connectivity index (χ4n) is 3.07. The minimum Gasteiger partial charge on any atom is -0.444 e. The maximum atomic E-state index is 12.7. The fraction of sp³-hybridized carbons (Fsp3) is 0.273. The Hall–Kier alpha value is -3.48. The molecule has 1 saturated carbocycles. The Morgan fingerprint density at radius 3 is 2.48 bits per heavy atom. The van der Waals surface area contributed by atoms with Crippen molar-refractivity contribution in [1.82, 2.24) is 20.1 Å². The lowest BCUT2D eigenvalue weighted by Gasteiger charge is -2.18. The van der Waals surface area contributed by atoms with Gasteiger partial charge in [0.15, 0.2) is 5.82 Å². The summed E-state index contributed by atoms with van der Waals surface area (Å²) in [5, 5.41) is 7.29. The van der Waals surface area contributed by atoms with Gasteiger partial charge >= 0.3 is 5.97 Å². The van der Waals surface area contributed by atoms with Gasteiger partial charge in [-0.2, -0.15) is 5.10 Å². The van der Waals surface area contributed by atoms with Crippen LogP contribution in [0.4, 0.5) is 0 Å². The molecule has 1 amide bonds. The number of aryl methyl sites for hydroxylation is 2. The van der Waals surface area contributed by atoms with Crippen molar-refractivity contribution in [3.8, 4) is 5.82 Å². The van der Waals surface area contributed by atoms with Gasteiger partial charge in [0.1, 0.15) is 0 Å². The molecular formula is C22H22N4O3. The lowest BCUT2D eigenvalue weighted by atomic mass is 10.1. The van der Waals surface area contributed by atoms with E-state index in [0.717, 1.165) is 24.2 Å². The van der Waals surface area contributed by atoms with Crippen molar-refractivity contribution in [2.45, 2.75) is 38.8 Å². The van der Waals surface area contributed by atoms with E-state index in [0.29, 0.717) is 11.4 Å². The molecule has 2 aromatic heterocycles. The van der Waals surface area contributed by atoms with Gasteiger partial charge in [-0.05, 0) is 44.9 Å². The summed E-state index contributed by atoms with van der Waals surface area (Å²) in [5.74, 6) is -0.297. The Bertz CT molecular complexity index is 1020. The van der Waals surface area contributed by atoms with Gasteiger partial charge in [0.2, 0.25) is 6.10 Å². The number of aromatic nitrogens is 3. The number of pyridine rings is 1. The Morgan fingerprint density at radius 1 is 1.14 bits per heavy atom. The lowest BCUT2D eigenvalue weighted by molar-refractivity contribution is -0.130. The average Bonchev–Trinajstić information content (AvgIpc) is 3.48. The van der Waals surface area contributed by atoms with Crippen molar-refractivity contribution in [1.29, 1.82) is 0 Å². The maximum absolute atomic E-state index is 12.7. The van der Waals surface area contributed by atoms with Crippen molar-refractivity contribution in [3.63, 3.8) is 0 Å². The summed E-state index contributed by atoms with van der Waals surface area (Å²) in [6.07, 6.45) is 2.35. The highest BCUT2D eigenvalue weighted by Crippen LogP contribution is 2.24. The van der Waals surface area contributed by atoms with E-state index in [-0.39, 0.29) is 17.5 Å². The number of carbonyl (C=O) groups excluding carboxylic acids is 2. The number of carbonyl (C=O) groups is 2. The predicted molar refractivity (Wildman–Crippen MR) is 107 cm³/mol. The minimum atomic E-state index is -1.00. The van der Waals surface area contributed by atoms with Crippen LogP contribution in [0.15, 0.2) is 54.7 Å². The lowest BCUT2D eigenvalue weighted by Crippen LogP contribution is -2.33. The second-order valence-electron chi connectivity index (χ2n) is 7.22. The average molecular weight is 390 g/mol. The Balaban J connectivity index is 1.52. The van der Waals surface area contributed by atoms with Gasteiger partial charge in [0.05, 0.1) is 11.3 Å². The number of amides is 1. The largest absolute Gasteiger partial charge is 0.444 e. The molecule has 2 heterocycles. The number of nitrogens with one attached hydrogen (secondary N) is 1. The maximum Gasteiger partial charge on any atom is 0.340 e. The molecule has 0 bridgehead atoms. The number of esters is 1. The van der Waals surface area contributed by atoms with Crippen LogP contribution in [0.5, 0.6) is 0 Å². The Kier molecular flexibility index (Phi) is 5.12. The third kappa shape index (κ3) is 4.34. The summed E-state index contributed by atoms with van der Waals surface area (Å²) < 4.78 is 7.28. The monoisotopic (exact) mass is 390 g/mol. The van der Waals surface area contributed by atoms with E-state index in [1.165, 1.54) is 6.20 Å². The SMILES string of the molecule is Cc1cc(C)n(-c2ccc(C(=O)OC(C(=O)NC3CC3)c3ccccc3)cn2)n1. The minimum absolute atomic E-state index is 0.175. The van der Waals surface area contributed by atoms with Gasteiger partial charge in [0, 0.05) is 23.5 Å². The van der Waals surface area contributed by atoms with Gasteiger partial charge in [-0.1, -0.05) is 30.3 Å². The zero-order valence-electron chi connectivity index (χ0n) is 16.3. The zero-order valence-corrected chi connectivity index (χ0v) is 16.3.